The van der Waals surface area contributed by atoms with Crippen molar-refractivity contribution in [1.29, 1.82) is 0 Å². The Morgan fingerprint density at radius 1 is 1.42 bits per heavy atom. The quantitative estimate of drug-likeness (QED) is 0.591. The first-order valence-corrected chi connectivity index (χ1v) is 5.89. The predicted molar refractivity (Wildman–Crippen MR) is 65.5 cm³/mol. The number of carboxylic acid groups (broad SMARTS) is 1. The standard InChI is InChI=1S/C11H19N3O5/c1-11(2)9(18)13(3)4-5-14(11)10(19)12-7(6-15)8(16)17/h7,15H,4-6H2,1-3H3,(H,12,19)(H,16,17). The van der Waals surface area contributed by atoms with E-state index in [9.17, 15) is 14.4 Å². The molecule has 0 aromatic rings. The van der Waals surface area contributed by atoms with Crippen LogP contribution in [-0.4, -0.2) is 76.2 Å². The number of amides is 3. The first kappa shape index (κ1) is 15.2. The van der Waals surface area contributed by atoms with Gasteiger partial charge in [-0.05, 0) is 13.8 Å². The molecule has 1 atom stereocenters. The molecule has 3 N–H and O–H groups in total. The van der Waals surface area contributed by atoms with Crippen LogP contribution in [0.1, 0.15) is 13.8 Å². The van der Waals surface area contributed by atoms with E-state index in [1.807, 2.05) is 0 Å². The van der Waals surface area contributed by atoms with Gasteiger partial charge in [0, 0.05) is 20.1 Å². The molecule has 1 aliphatic rings. The van der Waals surface area contributed by atoms with Gasteiger partial charge in [-0.25, -0.2) is 9.59 Å². The van der Waals surface area contributed by atoms with Crippen LogP contribution in [0.3, 0.4) is 0 Å². The van der Waals surface area contributed by atoms with Crippen LogP contribution < -0.4 is 5.32 Å². The number of likely N-dealkylation sites (N-methyl/N-ethyl adjacent to an activating group) is 1. The van der Waals surface area contributed by atoms with Gasteiger partial charge < -0.3 is 25.3 Å². The minimum Gasteiger partial charge on any atom is -0.480 e. The van der Waals surface area contributed by atoms with Gasteiger partial charge in [-0.15, -0.1) is 0 Å². The molecule has 8 heteroatoms. The second-order valence-electron chi connectivity index (χ2n) is 4.96. The van der Waals surface area contributed by atoms with Gasteiger partial charge in [0.05, 0.1) is 6.61 Å². The van der Waals surface area contributed by atoms with Gasteiger partial charge in [-0.1, -0.05) is 0 Å². The SMILES string of the molecule is CN1CCN(C(=O)NC(CO)C(=O)O)C(C)(C)C1=O. The van der Waals surface area contributed by atoms with Gasteiger partial charge in [-0.2, -0.15) is 0 Å². The molecule has 0 aliphatic carbocycles. The smallest absolute Gasteiger partial charge is 0.328 e. The summed E-state index contributed by atoms with van der Waals surface area (Å²) in [5.41, 5.74) is -1.05. The molecule has 0 aromatic carbocycles. The average molecular weight is 273 g/mol. The van der Waals surface area contributed by atoms with E-state index in [4.69, 9.17) is 10.2 Å². The molecule has 1 rings (SSSR count). The highest BCUT2D eigenvalue weighted by atomic mass is 16.4. The predicted octanol–water partition coefficient (Wildman–Crippen LogP) is -1.31. The lowest BCUT2D eigenvalue weighted by Crippen LogP contribution is -2.66. The molecule has 1 heterocycles. The second-order valence-corrected chi connectivity index (χ2v) is 4.96. The van der Waals surface area contributed by atoms with Gasteiger partial charge in [-0.3, -0.25) is 4.79 Å². The molecular formula is C11H19N3O5. The Kier molecular flexibility index (Phi) is 4.35. The van der Waals surface area contributed by atoms with Crippen molar-refractivity contribution in [1.82, 2.24) is 15.1 Å². The van der Waals surface area contributed by atoms with Crippen LogP contribution in [0.15, 0.2) is 0 Å². The molecule has 0 spiro atoms. The lowest BCUT2D eigenvalue weighted by atomic mass is 9.98. The molecule has 1 aliphatic heterocycles. The number of aliphatic hydroxyl groups is 1. The number of carbonyl (C=O) groups excluding carboxylic acids is 2. The second kappa shape index (κ2) is 5.43. The Balaban J connectivity index is 2.82. The number of nitrogens with zero attached hydrogens (tertiary/aromatic N) is 2. The summed E-state index contributed by atoms with van der Waals surface area (Å²) in [6, 6.07) is -2.05. The Morgan fingerprint density at radius 3 is 2.47 bits per heavy atom. The maximum Gasteiger partial charge on any atom is 0.328 e. The summed E-state index contributed by atoms with van der Waals surface area (Å²) in [7, 11) is 1.65. The molecule has 0 saturated carbocycles. The number of nitrogens with one attached hydrogen (secondary N) is 1. The summed E-state index contributed by atoms with van der Waals surface area (Å²) in [5.74, 6) is -1.54. The summed E-state index contributed by atoms with van der Waals surface area (Å²) in [6.45, 7) is 3.17. The molecule has 0 bridgehead atoms. The number of carboxylic acids is 1. The maximum atomic E-state index is 12.0. The number of hydrogen-bond donors (Lipinski definition) is 3. The lowest BCUT2D eigenvalue weighted by molar-refractivity contribution is -0.144. The molecule has 3 amide bonds. The Labute approximate surface area is 111 Å². The molecule has 1 saturated heterocycles. The van der Waals surface area contributed by atoms with E-state index >= 15 is 0 Å². The van der Waals surface area contributed by atoms with E-state index in [2.05, 4.69) is 5.32 Å². The van der Waals surface area contributed by atoms with Crippen LogP contribution in [0.4, 0.5) is 4.79 Å². The van der Waals surface area contributed by atoms with Gasteiger partial charge in [0.25, 0.3) is 0 Å². The topological polar surface area (TPSA) is 110 Å². The number of piperazine rings is 1. The molecule has 0 radical (unpaired) electrons. The summed E-state index contributed by atoms with van der Waals surface area (Å²) in [5, 5.41) is 19.8. The summed E-state index contributed by atoms with van der Waals surface area (Å²) >= 11 is 0. The average Bonchev–Trinajstić information content (AvgIpc) is 2.32. The third kappa shape index (κ3) is 2.95. The van der Waals surface area contributed by atoms with Crippen molar-refractivity contribution in [3.63, 3.8) is 0 Å². The van der Waals surface area contributed by atoms with Gasteiger partial charge >= 0.3 is 12.0 Å². The van der Waals surface area contributed by atoms with E-state index in [0.29, 0.717) is 13.1 Å². The van der Waals surface area contributed by atoms with E-state index in [-0.39, 0.29) is 5.91 Å². The number of hydrogen-bond acceptors (Lipinski definition) is 4. The first-order valence-electron chi connectivity index (χ1n) is 5.89. The van der Waals surface area contributed by atoms with E-state index in [1.54, 1.807) is 20.9 Å². The van der Waals surface area contributed by atoms with E-state index in [0.717, 1.165) is 0 Å². The molecule has 1 unspecified atom stereocenters. The highest BCUT2D eigenvalue weighted by Gasteiger charge is 2.43. The van der Waals surface area contributed by atoms with Crippen LogP contribution in [0.25, 0.3) is 0 Å². The molecule has 0 aromatic heterocycles. The minimum absolute atomic E-state index is 0.218. The van der Waals surface area contributed by atoms with Crippen molar-refractivity contribution >= 4 is 17.9 Å². The Bertz CT molecular complexity index is 396. The molecule has 8 nitrogen and oxygen atoms in total. The summed E-state index contributed by atoms with van der Waals surface area (Å²) in [6.07, 6.45) is 0. The highest BCUT2D eigenvalue weighted by molar-refractivity contribution is 5.92. The largest absolute Gasteiger partial charge is 0.480 e. The first-order chi connectivity index (χ1) is 8.71. The third-order valence-electron chi connectivity index (χ3n) is 3.23. The molecular weight excluding hydrogens is 254 g/mol. The van der Waals surface area contributed by atoms with Gasteiger partial charge in [0.15, 0.2) is 6.04 Å². The Hall–Kier alpha value is -1.83. The number of rotatable bonds is 3. The van der Waals surface area contributed by atoms with Crippen LogP contribution >= 0.6 is 0 Å². The van der Waals surface area contributed by atoms with Crippen LogP contribution in [-0.2, 0) is 9.59 Å². The maximum absolute atomic E-state index is 12.0. The molecule has 1 fully saturated rings. The fraction of sp³-hybridized carbons (Fsp3) is 0.727. The van der Waals surface area contributed by atoms with Crippen LogP contribution in [0.5, 0.6) is 0 Å². The fourth-order valence-corrected chi connectivity index (χ4v) is 1.98. The van der Waals surface area contributed by atoms with Crippen molar-refractivity contribution in [2.24, 2.45) is 0 Å². The zero-order chi connectivity index (χ0) is 14.8. The summed E-state index contributed by atoms with van der Waals surface area (Å²) in [4.78, 5) is 37.6. The van der Waals surface area contributed by atoms with E-state index in [1.165, 1.54) is 9.80 Å². The summed E-state index contributed by atoms with van der Waals surface area (Å²) < 4.78 is 0. The minimum atomic E-state index is -1.38. The van der Waals surface area contributed by atoms with Crippen molar-refractivity contribution in [2.75, 3.05) is 26.7 Å². The zero-order valence-corrected chi connectivity index (χ0v) is 11.2. The number of aliphatic hydroxyl groups excluding tert-OH is 1. The van der Waals surface area contributed by atoms with Crippen LogP contribution in [0.2, 0.25) is 0 Å². The number of carbonyl (C=O) groups is 3. The highest BCUT2D eigenvalue weighted by Crippen LogP contribution is 2.21. The lowest BCUT2D eigenvalue weighted by Gasteiger charge is -2.44. The third-order valence-corrected chi connectivity index (χ3v) is 3.23. The van der Waals surface area contributed by atoms with Gasteiger partial charge in [0.2, 0.25) is 5.91 Å². The monoisotopic (exact) mass is 273 g/mol. The number of aliphatic carboxylic acids is 1. The van der Waals surface area contributed by atoms with Crippen molar-refractivity contribution in [2.45, 2.75) is 25.4 Å². The number of urea groups is 1. The Morgan fingerprint density at radius 2 is 2.00 bits per heavy atom. The van der Waals surface area contributed by atoms with Crippen molar-refractivity contribution in [3.05, 3.63) is 0 Å². The van der Waals surface area contributed by atoms with Crippen molar-refractivity contribution in [3.8, 4) is 0 Å². The van der Waals surface area contributed by atoms with Crippen LogP contribution in [0, 0.1) is 0 Å². The van der Waals surface area contributed by atoms with E-state index < -0.39 is 30.2 Å². The van der Waals surface area contributed by atoms with Crippen molar-refractivity contribution < 1.29 is 24.6 Å². The zero-order valence-electron chi connectivity index (χ0n) is 11.2. The fourth-order valence-electron chi connectivity index (χ4n) is 1.98. The normalized spacial score (nSPS) is 20.1. The molecule has 19 heavy (non-hydrogen) atoms. The molecule has 108 valence electrons. The van der Waals surface area contributed by atoms with Gasteiger partial charge in [0.1, 0.15) is 5.54 Å².